The standard InChI is InChI=1S/C15H20N6O2/c1-21-7-6-16-14(15(21)22)17-8-10-4-5-11(23-10)13-18-12(19-20-13)9-2-3-9/h6-7,9-11H,2-5,8H2,1H3,(H,16,17)(H,18,19,20)/t10-,11+/m1/s1. The zero-order chi connectivity index (χ0) is 15.8. The molecule has 1 aliphatic carbocycles. The summed E-state index contributed by atoms with van der Waals surface area (Å²) in [7, 11) is 1.71. The van der Waals surface area contributed by atoms with Gasteiger partial charge in [-0.2, -0.15) is 5.10 Å². The summed E-state index contributed by atoms with van der Waals surface area (Å²) < 4.78 is 7.52. The molecule has 4 rings (SSSR count). The molecular formula is C15H20N6O2. The molecule has 2 aromatic rings. The fourth-order valence-electron chi connectivity index (χ4n) is 2.84. The summed E-state index contributed by atoms with van der Waals surface area (Å²) in [5.74, 6) is 2.64. The number of hydrogen-bond donors (Lipinski definition) is 2. The summed E-state index contributed by atoms with van der Waals surface area (Å²) in [4.78, 5) is 20.5. The Morgan fingerprint density at radius 2 is 2.26 bits per heavy atom. The second kappa shape index (κ2) is 5.77. The number of aryl methyl sites for hydroxylation is 1. The first-order valence-electron chi connectivity index (χ1n) is 8.04. The van der Waals surface area contributed by atoms with Crippen molar-refractivity contribution in [3.05, 3.63) is 34.4 Å². The Morgan fingerprint density at radius 1 is 1.39 bits per heavy atom. The molecule has 0 aromatic carbocycles. The highest BCUT2D eigenvalue weighted by Crippen LogP contribution is 2.39. The molecule has 0 amide bonds. The molecule has 122 valence electrons. The number of ether oxygens (including phenoxy) is 1. The van der Waals surface area contributed by atoms with Gasteiger partial charge in [-0.3, -0.25) is 9.89 Å². The SMILES string of the molecule is Cn1ccnc(NC[C@H]2CC[C@@H](c3nc(C4CC4)n[nH]3)O2)c1=O. The smallest absolute Gasteiger partial charge is 0.293 e. The molecule has 1 saturated carbocycles. The molecule has 8 heteroatoms. The highest BCUT2D eigenvalue weighted by molar-refractivity contribution is 5.30. The molecule has 2 atom stereocenters. The van der Waals surface area contributed by atoms with Gasteiger partial charge >= 0.3 is 0 Å². The lowest BCUT2D eigenvalue weighted by Crippen LogP contribution is -2.26. The Morgan fingerprint density at radius 3 is 3.09 bits per heavy atom. The quantitative estimate of drug-likeness (QED) is 0.857. The second-order valence-corrected chi connectivity index (χ2v) is 6.25. The van der Waals surface area contributed by atoms with Gasteiger partial charge in [0, 0.05) is 31.9 Å². The maximum Gasteiger partial charge on any atom is 0.293 e. The van der Waals surface area contributed by atoms with Gasteiger partial charge in [-0.1, -0.05) is 0 Å². The van der Waals surface area contributed by atoms with Gasteiger partial charge in [0.1, 0.15) is 6.10 Å². The van der Waals surface area contributed by atoms with Crippen LogP contribution in [-0.2, 0) is 11.8 Å². The van der Waals surface area contributed by atoms with Gasteiger partial charge in [-0.25, -0.2) is 9.97 Å². The molecule has 0 bridgehead atoms. The Kier molecular flexibility index (Phi) is 3.60. The van der Waals surface area contributed by atoms with E-state index in [-0.39, 0.29) is 17.8 Å². The molecule has 2 N–H and O–H groups in total. The lowest BCUT2D eigenvalue weighted by Gasteiger charge is -2.13. The normalized spacial score (nSPS) is 24.0. The molecule has 3 heterocycles. The van der Waals surface area contributed by atoms with Crippen LogP contribution in [0.3, 0.4) is 0 Å². The van der Waals surface area contributed by atoms with E-state index in [1.807, 2.05) is 0 Å². The van der Waals surface area contributed by atoms with Gasteiger partial charge in [-0.05, 0) is 25.7 Å². The third-order valence-corrected chi connectivity index (χ3v) is 4.39. The van der Waals surface area contributed by atoms with Crippen LogP contribution in [0.15, 0.2) is 17.2 Å². The molecule has 8 nitrogen and oxygen atoms in total. The molecule has 23 heavy (non-hydrogen) atoms. The fraction of sp³-hybridized carbons (Fsp3) is 0.600. The molecule has 2 fully saturated rings. The minimum Gasteiger partial charge on any atom is -0.365 e. The van der Waals surface area contributed by atoms with Gasteiger partial charge in [0.05, 0.1) is 6.10 Å². The second-order valence-electron chi connectivity index (χ2n) is 6.25. The van der Waals surface area contributed by atoms with Crippen molar-refractivity contribution in [1.82, 2.24) is 24.7 Å². The summed E-state index contributed by atoms with van der Waals surface area (Å²) in [6.07, 6.45) is 7.46. The molecule has 1 aliphatic heterocycles. The van der Waals surface area contributed by atoms with E-state index < -0.39 is 0 Å². The average molecular weight is 316 g/mol. The van der Waals surface area contributed by atoms with E-state index in [0.29, 0.717) is 18.3 Å². The highest BCUT2D eigenvalue weighted by atomic mass is 16.5. The lowest BCUT2D eigenvalue weighted by molar-refractivity contribution is 0.0471. The van der Waals surface area contributed by atoms with E-state index in [2.05, 4.69) is 25.5 Å². The van der Waals surface area contributed by atoms with Crippen molar-refractivity contribution < 1.29 is 4.74 Å². The van der Waals surface area contributed by atoms with Crippen molar-refractivity contribution in [3.8, 4) is 0 Å². The van der Waals surface area contributed by atoms with Crippen LogP contribution in [0.25, 0.3) is 0 Å². The van der Waals surface area contributed by atoms with Gasteiger partial charge < -0.3 is 14.6 Å². The van der Waals surface area contributed by atoms with Crippen LogP contribution in [-0.4, -0.2) is 37.4 Å². The first-order valence-corrected chi connectivity index (χ1v) is 8.04. The molecular weight excluding hydrogens is 296 g/mol. The zero-order valence-corrected chi connectivity index (χ0v) is 13.0. The molecule has 0 unspecified atom stereocenters. The summed E-state index contributed by atoms with van der Waals surface area (Å²) in [5, 5.41) is 10.4. The Hall–Kier alpha value is -2.22. The van der Waals surface area contributed by atoms with Crippen molar-refractivity contribution in [2.24, 2.45) is 7.05 Å². The summed E-state index contributed by atoms with van der Waals surface area (Å²) in [6.45, 7) is 0.562. The first kappa shape index (κ1) is 14.4. The van der Waals surface area contributed by atoms with Crippen LogP contribution in [0, 0.1) is 0 Å². The lowest BCUT2D eigenvalue weighted by atomic mass is 10.2. The van der Waals surface area contributed by atoms with E-state index in [9.17, 15) is 4.79 Å². The number of rotatable bonds is 5. The highest BCUT2D eigenvalue weighted by Gasteiger charge is 2.32. The molecule has 0 radical (unpaired) electrons. The molecule has 2 aliphatic rings. The van der Waals surface area contributed by atoms with Crippen LogP contribution >= 0.6 is 0 Å². The summed E-state index contributed by atoms with van der Waals surface area (Å²) in [5.41, 5.74) is -0.133. The number of H-pyrrole nitrogens is 1. The third kappa shape index (κ3) is 2.98. The van der Waals surface area contributed by atoms with Gasteiger partial charge in [0.2, 0.25) is 0 Å². The largest absolute Gasteiger partial charge is 0.365 e. The van der Waals surface area contributed by atoms with Crippen LogP contribution < -0.4 is 10.9 Å². The zero-order valence-electron chi connectivity index (χ0n) is 13.0. The van der Waals surface area contributed by atoms with Crippen LogP contribution in [0.1, 0.15) is 49.4 Å². The number of aromatic nitrogens is 5. The van der Waals surface area contributed by atoms with E-state index in [1.165, 1.54) is 17.4 Å². The van der Waals surface area contributed by atoms with E-state index in [0.717, 1.165) is 24.5 Å². The van der Waals surface area contributed by atoms with Gasteiger partial charge in [-0.15, -0.1) is 0 Å². The number of nitrogens with zero attached hydrogens (tertiary/aromatic N) is 4. The Labute approximate surface area is 133 Å². The van der Waals surface area contributed by atoms with Crippen molar-refractivity contribution in [3.63, 3.8) is 0 Å². The van der Waals surface area contributed by atoms with Crippen LogP contribution in [0.2, 0.25) is 0 Å². The number of hydrogen-bond acceptors (Lipinski definition) is 6. The van der Waals surface area contributed by atoms with Gasteiger partial charge in [0.15, 0.2) is 17.5 Å². The maximum absolute atomic E-state index is 11.9. The Balaban J connectivity index is 1.34. The average Bonchev–Trinajstić information content (AvgIpc) is 3.10. The Bertz CT molecular complexity index is 750. The van der Waals surface area contributed by atoms with Crippen molar-refractivity contribution >= 4 is 5.82 Å². The van der Waals surface area contributed by atoms with E-state index in [4.69, 9.17) is 4.74 Å². The van der Waals surface area contributed by atoms with Crippen molar-refractivity contribution in [1.29, 1.82) is 0 Å². The molecule has 0 spiro atoms. The topological polar surface area (TPSA) is 97.7 Å². The predicted molar refractivity (Wildman–Crippen MR) is 83.2 cm³/mol. The van der Waals surface area contributed by atoms with Gasteiger partial charge in [0.25, 0.3) is 5.56 Å². The minimum absolute atomic E-state index is 0.0339. The molecule has 2 aromatic heterocycles. The fourth-order valence-corrected chi connectivity index (χ4v) is 2.84. The summed E-state index contributed by atoms with van der Waals surface area (Å²) in [6, 6.07) is 0. The van der Waals surface area contributed by atoms with E-state index >= 15 is 0 Å². The number of nitrogens with one attached hydrogen (secondary N) is 2. The third-order valence-electron chi connectivity index (χ3n) is 4.39. The van der Waals surface area contributed by atoms with Crippen LogP contribution in [0.4, 0.5) is 5.82 Å². The van der Waals surface area contributed by atoms with Crippen molar-refractivity contribution in [2.45, 2.75) is 43.8 Å². The monoisotopic (exact) mass is 316 g/mol. The van der Waals surface area contributed by atoms with Crippen molar-refractivity contribution in [2.75, 3.05) is 11.9 Å². The molecule has 1 saturated heterocycles. The number of anilines is 1. The summed E-state index contributed by atoms with van der Waals surface area (Å²) >= 11 is 0. The maximum atomic E-state index is 11.9. The minimum atomic E-state index is -0.133. The first-order chi connectivity index (χ1) is 11.2. The van der Waals surface area contributed by atoms with Crippen LogP contribution in [0.5, 0.6) is 0 Å². The number of aromatic amines is 1. The van der Waals surface area contributed by atoms with E-state index in [1.54, 1.807) is 19.4 Å². The predicted octanol–water partition coefficient (Wildman–Crippen LogP) is 1.11.